The summed E-state index contributed by atoms with van der Waals surface area (Å²) in [6, 6.07) is 11.5. The van der Waals surface area contributed by atoms with Gasteiger partial charge in [0.05, 0.1) is 22.7 Å². The highest BCUT2D eigenvalue weighted by atomic mass is 19.1. The van der Waals surface area contributed by atoms with Gasteiger partial charge < -0.3 is 9.84 Å². The van der Waals surface area contributed by atoms with Crippen LogP contribution in [0.5, 0.6) is 0 Å². The number of aromatic nitrogens is 1. The van der Waals surface area contributed by atoms with Crippen LogP contribution in [0.1, 0.15) is 11.3 Å². The molecule has 3 rings (SSSR count). The molecule has 26 heavy (non-hydrogen) atoms. The number of carbonyl (C=O) groups excluding carboxylic acids is 1. The van der Waals surface area contributed by atoms with E-state index in [0.717, 1.165) is 0 Å². The molecule has 1 heterocycles. The maximum absolute atomic E-state index is 13.0. The smallest absolute Gasteiger partial charge is 0.271 e. The van der Waals surface area contributed by atoms with Crippen LogP contribution in [0.4, 0.5) is 15.8 Å². The van der Waals surface area contributed by atoms with Crippen LogP contribution in [0.2, 0.25) is 0 Å². The van der Waals surface area contributed by atoms with Crippen LogP contribution >= 0.6 is 0 Å². The van der Waals surface area contributed by atoms with E-state index in [0.29, 0.717) is 28.3 Å². The Morgan fingerprint density at radius 3 is 2.65 bits per heavy atom. The Hall–Kier alpha value is -3.55. The first-order valence-corrected chi connectivity index (χ1v) is 7.69. The number of hydrogen-bond acceptors (Lipinski definition) is 5. The number of benzene rings is 2. The van der Waals surface area contributed by atoms with Crippen molar-refractivity contribution in [3.8, 4) is 11.3 Å². The number of amides is 1. The van der Waals surface area contributed by atoms with Gasteiger partial charge in [0.2, 0.25) is 5.91 Å². The van der Waals surface area contributed by atoms with E-state index in [-0.39, 0.29) is 23.8 Å². The molecule has 0 aliphatic heterocycles. The third kappa shape index (κ3) is 3.92. The van der Waals surface area contributed by atoms with Gasteiger partial charge in [-0.15, -0.1) is 0 Å². The Morgan fingerprint density at radius 1 is 1.23 bits per heavy atom. The zero-order valence-corrected chi connectivity index (χ0v) is 13.7. The topological polar surface area (TPSA) is 98.3 Å². The standard InChI is InChI=1S/C18H14FN3O4/c1-11-2-7-15(22(24)25)10-16(11)20-18(23)9-14-8-17(26-21-14)12-3-5-13(19)6-4-12/h2-8,10H,9H2,1H3,(H,20,23). The average molecular weight is 355 g/mol. The van der Waals surface area contributed by atoms with E-state index in [4.69, 9.17) is 4.52 Å². The average Bonchev–Trinajstić information content (AvgIpc) is 3.05. The van der Waals surface area contributed by atoms with Gasteiger partial charge in [-0.1, -0.05) is 11.2 Å². The summed E-state index contributed by atoms with van der Waals surface area (Å²) < 4.78 is 18.1. The minimum Gasteiger partial charge on any atom is -0.356 e. The van der Waals surface area contributed by atoms with Gasteiger partial charge in [0.15, 0.2) is 5.76 Å². The summed E-state index contributed by atoms with van der Waals surface area (Å²) in [5.74, 6) is -0.327. The van der Waals surface area contributed by atoms with Crippen molar-refractivity contribution in [2.24, 2.45) is 0 Å². The molecule has 3 aromatic rings. The Morgan fingerprint density at radius 2 is 1.96 bits per heavy atom. The van der Waals surface area contributed by atoms with Crippen LogP contribution in [0, 0.1) is 22.9 Å². The summed E-state index contributed by atoms with van der Waals surface area (Å²) in [6.45, 7) is 1.74. The van der Waals surface area contributed by atoms with Crippen LogP contribution in [-0.2, 0) is 11.2 Å². The predicted octanol–water partition coefficient (Wildman–Crippen LogP) is 3.88. The van der Waals surface area contributed by atoms with Crippen molar-refractivity contribution in [3.05, 3.63) is 75.7 Å². The molecule has 2 aromatic carbocycles. The largest absolute Gasteiger partial charge is 0.356 e. The summed E-state index contributed by atoms with van der Waals surface area (Å²) in [5.41, 5.74) is 2.00. The van der Waals surface area contributed by atoms with Crippen LogP contribution in [0.25, 0.3) is 11.3 Å². The minimum absolute atomic E-state index is 0.0627. The summed E-state index contributed by atoms with van der Waals surface area (Å²) in [7, 11) is 0. The Kier molecular flexibility index (Phi) is 4.74. The Balaban J connectivity index is 1.70. The molecule has 0 saturated carbocycles. The third-order valence-electron chi connectivity index (χ3n) is 3.74. The number of halogens is 1. The summed E-state index contributed by atoms with van der Waals surface area (Å²) in [4.78, 5) is 22.5. The number of nitro groups is 1. The number of anilines is 1. The normalized spacial score (nSPS) is 10.5. The van der Waals surface area contributed by atoms with Gasteiger partial charge in [-0.25, -0.2) is 4.39 Å². The Labute approximate surface area is 147 Å². The van der Waals surface area contributed by atoms with Crippen LogP contribution in [-0.4, -0.2) is 16.0 Å². The molecule has 0 saturated heterocycles. The number of hydrogen-bond donors (Lipinski definition) is 1. The van der Waals surface area contributed by atoms with Gasteiger partial charge in [-0.2, -0.15) is 0 Å². The van der Waals surface area contributed by atoms with E-state index in [2.05, 4.69) is 10.5 Å². The van der Waals surface area contributed by atoms with E-state index < -0.39 is 4.92 Å². The second kappa shape index (κ2) is 7.14. The quantitative estimate of drug-likeness (QED) is 0.553. The van der Waals surface area contributed by atoms with Crippen LogP contribution in [0.3, 0.4) is 0 Å². The van der Waals surface area contributed by atoms with Gasteiger partial charge in [0.1, 0.15) is 5.82 Å². The fourth-order valence-electron chi connectivity index (χ4n) is 2.36. The zero-order chi connectivity index (χ0) is 18.7. The van der Waals surface area contributed by atoms with Gasteiger partial charge in [-0.05, 0) is 36.8 Å². The molecule has 132 valence electrons. The van der Waals surface area contributed by atoms with Crippen molar-refractivity contribution in [3.63, 3.8) is 0 Å². The van der Waals surface area contributed by atoms with Gasteiger partial charge in [0, 0.05) is 23.8 Å². The summed E-state index contributed by atoms with van der Waals surface area (Å²) in [6.07, 6.45) is -0.0627. The molecule has 1 N–H and O–H groups in total. The molecular formula is C18H14FN3O4. The van der Waals surface area contributed by atoms with E-state index in [1.54, 1.807) is 31.2 Å². The fourth-order valence-corrected chi connectivity index (χ4v) is 2.36. The lowest BCUT2D eigenvalue weighted by atomic mass is 10.1. The van der Waals surface area contributed by atoms with Gasteiger partial charge >= 0.3 is 0 Å². The fraction of sp³-hybridized carbons (Fsp3) is 0.111. The zero-order valence-electron chi connectivity index (χ0n) is 13.7. The summed E-state index contributed by atoms with van der Waals surface area (Å²) in [5, 5.41) is 17.3. The lowest BCUT2D eigenvalue weighted by Gasteiger charge is -2.07. The number of non-ortho nitro benzene ring substituents is 1. The first-order valence-electron chi connectivity index (χ1n) is 7.69. The first kappa shape index (κ1) is 17.3. The predicted molar refractivity (Wildman–Crippen MR) is 92.1 cm³/mol. The molecule has 0 bridgehead atoms. The number of carbonyl (C=O) groups is 1. The molecule has 0 aliphatic carbocycles. The number of nitro benzene ring substituents is 1. The number of nitrogens with zero attached hydrogens (tertiary/aromatic N) is 2. The van der Waals surface area contributed by atoms with E-state index in [9.17, 15) is 19.3 Å². The van der Waals surface area contributed by atoms with E-state index in [1.165, 1.54) is 24.3 Å². The van der Waals surface area contributed by atoms with Crippen molar-refractivity contribution < 1.29 is 18.6 Å². The van der Waals surface area contributed by atoms with Crippen LogP contribution in [0.15, 0.2) is 53.1 Å². The molecule has 0 radical (unpaired) electrons. The number of nitrogens with one attached hydrogen (secondary N) is 1. The lowest BCUT2D eigenvalue weighted by molar-refractivity contribution is -0.384. The van der Waals surface area contributed by atoms with Crippen molar-refractivity contribution >= 4 is 17.3 Å². The molecule has 1 amide bonds. The molecule has 0 spiro atoms. The molecule has 0 atom stereocenters. The second-order valence-corrected chi connectivity index (χ2v) is 5.67. The first-order chi connectivity index (χ1) is 12.4. The molecule has 1 aromatic heterocycles. The van der Waals surface area contributed by atoms with Crippen molar-refractivity contribution in [1.82, 2.24) is 5.16 Å². The summed E-state index contributed by atoms with van der Waals surface area (Å²) >= 11 is 0. The van der Waals surface area contributed by atoms with Gasteiger partial charge in [-0.3, -0.25) is 14.9 Å². The minimum atomic E-state index is -0.526. The maximum atomic E-state index is 13.0. The molecule has 0 aliphatic rings. The van der Waals surface area contributed by atoms with Crippen LogP contribution < -0.4 is 5.32 Å². The number of rotatable bonds is 5. The maximum Gasteiger partial charge on any atom is 0.271 e. The Bertz CT molecular complexity index is 967. The molecule has 0 unspecified atom stereocenters. The van der Waals surface area contributed by atoms with Crippen molar-refractivity contribution in [2.75, 3.05) is 5.32 Å². The highest BCUT2D eigenvalue weighted by molar-refractivity contribution is 5.93. The van der Waals surface area contributed by atoms with Crippen molar-refractivity contribution in [2.45, 2.75) is 13.3 Å². The highest BCUT2D eigenvalue weighted by Crippen LogP contribution is 2.23. The van der Waals surface area contributed by atoms with Gasteiger partial charge in [0.25, 0.3) is 5.69 Å². The SMILES string of the molecule is Cc1ccc([N+](=O)[O-])cc1NC(=O)Cc1cc(-c2ccc(F)cc2)on1. The highest BCUT2D eigenvalue weighted by Gasteiger charge is 2.14. The second-order valence-electron chi connectivity index (χ2n) is 5.67. The van der Waals surface area contributed by atoms with E-state index >= 15 is 0 Å². The lowest BCUT2D eigenvalue weighted by Crippen LogP contribution is -2.15. The van der Waals surface area contributed by atoms with E-state index in [1.807, 2.05) is 0 Å². The molecule has 7 nitrogen and oxygen atoms in total. The molecule has 8 heteroatoms. The molecular weight excluding hydrogens is 341 g/mol. The number of aryl methyl sites for hydroxylation is 1. The monoisotopic (exact) mass is 355 g/mol. The third-order valence-corrected chi connectivity index (χ3v) is 3.74. The van der Waals surface area contributed by atoms with Crippen molar-refractivity contribution in [1.29, 1.82) is 0 Å². The molecule has 0 fully saturated rings.